The van der Waals surface area contributed by atoms with E-state index in [1.807, 2.05) is 0 Å². The summed E-state index contributed by atoms with van der Waals surface area (Å²) in [5.74, 6) is -2.16. The standard InChI is InChI=1S/C18H14F2O4S/c1-10-16(14-6-5-11(7-15(14)20)9-25(22)23)17(18(21)24-10)12-3-2-4-13(19)8-12/h2-8,10H,9H2,1H3,(H,22,23)/p-1. The van der Waals surface area contributed by atoms with Crippen molar-refractivity contribution in [3.8, 4) is 0 Å². The molecule has 0 amide bonds. The molecule has 0 bridgehead atoms. The highest BCUT2D eigenvalue weighted by molar-refractivity contribution is 7.78. The van der Waals surface area contributed by atoms with E-state index in [1.54, 1.807) is 13.0 Å². The molecule has 1 aliphatic rings. The molecule has 1 aliphatic heterocycles. The second kappa shape index (κ2) is 6.85. The predicted molar refractivity (Wildman–Crippen MR) is 87.8 cm³/mol. The molecule has 0 N–H and O–H groups in total. The summed E-state index contributed by atoms with van der Waals surface area (Å²) in [7, 11) is 0. The van der Waals surface area contributed by atoms with Gasteiger partial charge >= 0.3 is 5.97 Å². The normalized spacial score (nSPS) is 18.4. The Morgan fingerprint density at radius 1 is 1.20 bits per heavy atom. The number of carbonyl (C=O) groups is 1. The zero-order valence-corrected chi connectivity index (χ0v) is 13.9. The van der Waals surface area contributed by atoms with Crippen LogP contribution in [0.1, 0.15) is 23.6 Å². The van der Waals surface area contributed by atoms with Crippen LogP contribution in [-0.2, 0) is 26.4 Å². The van der Waals surface area contributed by atoms with Gasteiger partial charge in [0.1, 0.15) is 17.7 Å². The predicted octanol–water partition coefficient (Wildman–Crippen LogP) is 3.20. The van der Waals surface area contributed by atoms with Crippen LogP contribution >= 0.6 is 0 Å². The van der Waals surface area contributed by atoms with Gasteiger partial charge in [0.05, 0.1) is 5.57 Å². The van der Waals surface area contributed by atoms with Gasteiger partial charge in [-0.1, -0.05) is 35.3 Å². The van der Waals surface area contributed by atoms with Crippen LogP contribution in [0.5, 0.6) is 0 Å². The minimum Gasteiger partial charge on any atom is -0.772 e. The third kappa shape index (κ3) is 3.52. The van der Waals surface area contributed by atoms with E-state index in [1.165, 1.54) is 30.3 Å². The lowest BCUT2D eigenvalue weighted by molar-refractivity contribution is -0.136. The van der Waals surface area contributed by atoms with Gasteiger partial charge in [-0.25, -0.2) is 13.6 Å². The van der Waals surface area contributed by atoms with Gasteiger partial charge in [-0.2, -0.15) is 0 Å². The number of esters is 1. The van der Waals surface area contributed by atoms with Crippen LogP contribution in [0.2, 0.25) is 0 Å². The van der Waals surface area contributed by atoms with Gasteiger partial charge in [0.2, 0.25) is 0 Å². The minimum absolute atomic E-state index is 0.103. The summed E-state index contributed by atoms with van der Waals surface area (Å²) in [6.45, 7) is 1.60. The largest absolute Gasteiger partial charge is 0.772 e. The summed E-state index contributed by atoms with van der Waals surface area (Å²) >= 11 is -2.33. The van der Waals surface area contributed by atoms with Gasteiger partial charge in [0.15, 0.2) is 0 Å². The Hall–Kier alpha value is -2.38. The van der Waals surface area contributed by atoms with Crippen molar-refractivity contribution in [2.75, 3.05) is 0 Å². The maximum atomic E-state index is 14.5. The van der Waals surface area contributed by atoms with E-state index in [9.17, 15) is 22.3 Å². The van der Waals surface area contributed by atoms with E-state index in [0.29, 0.717) is 16.7 Å². The van der Waals surface area contributed by atoms with Gasteiger partial charge in [-0.3, -0.25) is 4.21 Å². The van der Waals surface area contributed by atoms with E-state index < -0.39 is 34.8 Å². The van der Waals surface area contributed by atoms with Crippen LogP contribution < -0.4 is 0 Å². The molecule has 0 spiro atoms. The van der Waals surface area contributed by atoms with Crippen molar-refractivity contribution in [1.82, 2.24) is 0 Å². The Kier molecular flexibility index (Phi) is 4.78. The van der Waals surface area contributed by atoms with E-state index in [4.69, 9.17) is 4.74 Å². The highest BCUT2D eigenvalue weighted by atomic mass is 32.2. The summed E-state index contributed by atoms with van der Waals surface area (Å²) < 4.78 is 54.8. The minimum atomic E-state index is -2.33. The quantitative estimate of drug-likeness (QED) is 0.618. The molecule has 0 saturated heterocycles. The fourth-order valence-corrected chi connectivity index (χ4v) is 3.32. The SMILES string of the molecule is CC1OC(=O)C(c2cccc(F)c2)=C1c1ccc(CS(=O)[O-])cc1F. The maximum absolute atomic E-state index is 14.5. The molecule has 0 fully saturated rings. The Morgan fingerprint density at radius 3 is 2.60 bits per heavy atom. The molecule has 4 nitrogen and oxygen atoms in total. The number of rotatable bonds is 4. The number of halogens is 2. The first-order valence-corrected chi connectivity index (χ1v) is 8.67. The van der Waals surface area contributed by atoms with Gasteiger partial charge in [0.25, 0.3) is 0 Å². The highest BCUT2D eigenvalue weighted by Crippen LogP contribution is 2.38. The Labute approximate surface area is 145 Å². The van der Waals surface area contributed by atoms with E-state index >= 15 is 0 Å². The molecule has 25 heavy (non-hydrogen) atoms. The van der Waals surface area contributed by atoms with Crippen molar-refractivity contribution in [3.05, 3.63) is 70.8 Å². The van der Waals surface area contributed by atoms with Crippen molar-refractivity contribution in [3.63, 3.8) is 0 Å². The molecule has 0 aromatic heterocycles. The van der Waals surface area contributed by atoms with Crippen LogP contribution in [0, 0.1) is 11.6 Å². The lowest BCUT2D eigenvalue weighted by Crippen LogP contribution is -2.06. The topological polar surface area (TPSA) is 66.4 Å². The average Bonchev–Trinajstić information content (AvgIpc) is 2.81. The molecule has 0 aliphatic carbocycles. The first-order chi connectivity index (χ1) is 11.9. The first-order valence-electron chi connectivity index (χ1n) is 7.42. The summed E-state index contributed by atoms with van der Waals surface area (Å²) in [4.78, 5) is 12.2. The van der Waals surface area contributed by atoms with Crippen LogP contribution in [0.4, 0.5) is 8.78 Å². The summed E-state index contributed by atoms with van der Waals surface area (Å²) in [5, 5.41) is 0. The van der Waals surface area contributed by atoms with E-state index in [2.05, 4.69) is 0 Å². The number of cyclic esters (lactones) is 1. The molecule has 2 aromatic carbocycles. The first kappa shape index (κ1) is 17.4. The van der Waals surface area contributed by atoms with Crippen molar-refractivity contribution < 1.29 is 27.1 Å². The van der Waals surface area contributed by atoms with Crippen LogP contribution in [0.15, 0.2) is 42.5 Å². The second-order valence-electron chi connectivity index (χ2n) is 5.61. The molecule has 7 heteroatoms. The number of hydrogen-bond donors (Lipinski definition) is 0. The lowest BCUT2D eigenvalue weighted by Gasteiger charge is -2.12. The summed E-state index contributed by atoms with van der Waals surface area (Å²) in [6.07, 6.45) is -0.709. The molecule has 130 valence electrons. The van der Waals surface area contributed by atoms with E-state index in [-0.39, 0.29) is 16.9 Å². The van der Waals surface area contributed by atoms with Crippen LogP contribution in [0.25, 0.3) is 11.1 Å². The number of hydrogen-bond acceptors (Lipinski definition) is 4. The van der Waals surface area contributed by atoms with Crippen LogP contribution in [-0.4, -0.2) is 20.8 Å². The molecule has 0 saturated carbocycles. The zero-order valence-electron chi connectivity index (χ0n) is 13.1. The number of carbonyl (C=O) groups excluding carboxylic acids is 1. The third-order valence-electron chi connectivity index (χ3n) is 3.89. The monoisotopic (exact) mass is 363 g/mol. The molecule has 2 aromatic rings. The van der Waals surface area contributed by atoms with Crippen LogP contribution in [0.3, 0.4) is 0 Å². The third-order valence-corrected chi connectivity index (χ3v) is 4.45. The Bertz CT molecular complexity index is 908. The molecular weight excluding hydrogens is 350 g/mol. The average molecular weight is 363 g/mol. The van der Waals surface area contributed by atoms with E-state index in [0.717, 1.165) is 6.07 Å². The fraction of sp³-hybridized carbons (Fsp3) is 0.167. The zero-order chi connectivity index (χ0) is 18.1. The van der Waals surface area contributed by atoms with Gasteiger partial charge in [-0.15, -0.1) is 0 Å². The Morgan fingerprint density at radius 2 is 1.96 bits per heavy atom. The molecule has 1 heterocycles. The highest BCUT2D eigenvalue weighted by Gasteiger charge is 2.34. The van der Waals surface area contributed by atoms with Gasteiger partial charge in [-0.05, 0) is 36.2 Å². The number of ether oxygens (including phenoxy) is 1. The summed E-state index contributed by atoms with van der Waals surface area (Å²) in [5.41, 5.74) is 1.13. The summed E-state index contributed by atoms with van der Waals surface area (Å²) in [6, 6.07) is 9.41. The fourth-order valence-electron chi connectivity index (χ4n) is 2.87. The maximum Gasteiger partial charge on any atom is 0.339 e. The molecular formula is C18H13F2O4S-. The van der Waals surface area contributed by atoms with Crippen molar-refractivity contribution in [2.24, 2.45) is 0 Å². The van der Waals surface area contributed by atoms with Crippen molar-refractivity contribution in [2.45, 2.75) is 18.8 Å². The lowest BCUT2D eigenvalue weighted by atomic mass is 9.92. The molecule has 3 rings (SSSR count). The smallest absolute Gasteiger partial charge is 0.339 e. The number of benzene rings is 2. The van der Waals surface area contributed by atoms with Gasteiger partial charge in [0, 0.05) is 16.9 Å². The van der Waals surface area contributed by atoms with Crippen molar-refractivity contribution >= 4 is 28.2 Å². The molecule has 0 radical (unpaired) electrons. The van der Waals surface area contributed by atoms with Gasteiger partial charge < -0.3 is 9.29 Å². The Balaban J connectivity index is 2.14. The molecule has 2 unspecified atom stereocenters. The van der Waals surface area contributed by atoms with Crippen molar-refractivity contribution in [1.29, 1.82) is 0 Å². The molecule has 2 atom stereocenters. The second-order valence-corrected chi connectivity index (χ2v) is 6.51.